The number of rotatable bonds is 5. The Bertz CT molecular complexity index is 626. The van der Waals surface area contributed by atoms with Gasteiger partial charge >= 0.3 is 0 Å². The van der Waals surface area contributed by atoms with Gasteiger partial charge in [0.05, 0.1) is 9.82 Å². The Kier molecular flexibility index (Phi) is 4.76. The first-order chi connectivity index (χ1) is 9.94. The molecule has 0 aromatic heterocycles. The molecule has 116 valence electrons. The van der Waals surface area contributed by atoms with Crippen LogP contribution in [0.15, 0.2) is 23.1 Å². The first-order valence-corrected chi connectivity index (χ1v) is 8.11. The molecule has 1 aromatic rings. The summed E-state index contributed by atoms with van der Waals surface area (Å²) in [6, 6.07) is 3.97. The molecule has 1 aromatic carbocycles. The van der Waals surface area contributed by atoms with E-state index in [0.717, 1.165) is 32.0 Å². The molecule has 21 heavy (non-hydrogen) atoms. The van der Waals surface area contributed by atoms with Crippen LogP contribution in [0.4, 0.5) is 11.4 Å². The fourth-order valence-electron chi connectivity index (χ4n) is 2.26. The second-order valence-corrected chi connectivity index (χ2v) is 6.72. The minimum absolute atomic E-state index is 0.101. The molecule has 1 heterocycles. The first kappa shape index (κ1) is 15.7. The van der Waals surface area contributed by atoms with E-state index >= 15 is 0 Å². The molecule has 0 radical (unpaired) electrons. The Morgan fingerprint density at radius 1 is 1.43 bits per heavy atom. The molecule has 9 heteroatoms. The lowest BCUT2D eigenvalue weighted by atomic mass is 10.1. The van der Waals surface area contributed by atoms with Crippen molar-refractivity contribution in [3.8, 4) is 0 Å². The van der Waals surface area contributed by atoms with Crippen molar-refractivity contribution in [3.05, 3.63) is 28.3 Å². The van der Waals surface area contributed by atoms with Crippen LogP contribution in [0.25, 0.3) is 0 Å². The van der Waals surface area contributed by atoms with Crippen molar-refractivity contribution in [3.63, 3.8) is 0 Å². The number of nitrogens with zero attached hydrogens (tertiary/aromatic N) is 1. The van der Waals surface area contributed by atoms with E-state index in [2.05, 4.69) is 15.4 Å². The normalized spacial score (nSPS) is 19.2. The lowest BCUT2D eigenvalue weighted by Crippen LogP contribution is -2.38. The van der Waals surface area contributed by atoms with Crippen LogP contribution in [0.1, 0.15) is 12.8 Å². The predicted octanol–water partition coefficient (Wildman–Crippen LogP) is 0.667. The smallest absolute Gasteiger partial charge is 0.293 e. The lowest BCUT2D eigenvalue weighted by Gasteiger charge is -2.24. The van der Waals surface area contributed by atoms with Gasteiger partial charge in [0.1, 0.15) is 5.69 Å². The monoisotopic (exact) mass is 314 g/mol. The van der Waals surface area contributed by atoms with Crippen LogP contribution in [0.5, 0.6) is 0 Å². The van der Waals surface area contributed by atoms with Crippen LogP contribution in [-0.4, -0.2) is 39.5 Å². The molecular weight excluding hydrogens is 296 g/mol. The molecule has 3 N–H and O–H groups in total. The van der Waals surface area contributed by atoms with Crippen molar-refractivity contribution >= 4 is 21.4 Å². The van der Waals surface area contributed by atoms with Gasteiger partial charge in [-0.2, -0.15) is 0 Å². The lowest BCUT2D eigenvalue weighted by molar-refractivity contribution is -0.384. The molecule has 0 spiro atoms. The number of nitro groups is 1. The maximum absolute atomic E-state index is 11.7. The highest BCUT2D eigenvalue weighted by Gasteiger charge is 2.22. The SMILES string of the molecule is CNS(=O)(=O)c1ccc(NC2CCCNC2)c([N+](=O)[O-])c1. The summed E-state index contributed by atoms with van der Waals surface area (Å²) in [6.07, 6.45) is 1.92. The molecule has 1 saturated heterocycles. The van der Waals surface area contributed by atoms with Crippen LogP contribution in [0.2, 0.25) is 0 Å². The van der Waals surface area contributed by atoms with Gasteiger partial charge in [-0.3, -0.25) is 10.1 Å². The Balaban J connectivity index is 2.31. The number of nitrogens with one attached hydrogen (secondary N) is 3. The van der Waals surface area contributed by atoms with Crippen molar-refractivity contribution in [1.82, 2.24) is 10.0 Å². The highest BCUT2D eigenvalue weighted by Crippen LogP contribution is 2.28. The average Bonchev–Trinajstić information content (AvgIpc) is 2.48. The maximum atomic E-state index is 11.7. The van der Waals surface area contributed by atoms with Gasteiger partial charge in [0.2, 0.25) is 10.0 Å². The molecule has 1 atom stereocenters. The van der Waals surface area contributed by atoms with Gasteiger partial charge in [-0.05, 0) is 38.6 Å². The summed E-state index contributed by atoms with van der Waals surface area (Å²) in [7, 11) is -2.43. The Morgan fingerprint density at radius 3 is 2.76 bits per heavy atom. The maximum Gasteiger partial charge on any atom is 0.293 e. The summed E-state index contributed by atoms with van der Waals surface area (Å²) in [6.45, 7) is 1.67. The van der Waals surface area contributed by atoms with E-state index < -0.39 is 14.9 Å². The van der Waals surface area contributed by atoms with Crippen molar-refractivity contribution in [2.45, 2.75) is 23.8 Å². The van der Waals surface area contributed by atoms with E-state index in [0.29, 0.717) is 5.69 Å². The van der Waals surface area contributed by atoms with Gasteiger partial charge in [0, 0.05) is 18.7 Å². The van der Waals surface area contributed by atoms with Crippen LogP contribution >= 0.6 is 0 Å². The number of sulfonamides is 1. The third-order valence-corrected chi connectivity index (χ3v) is 4.81. The van der Waals surface area contributed by atoms with Crippen molar-refractivity contribution in [1.29, 1.82) is 0 Å². The predicted molar refractivity (Wildman–Crippen MR) is 78.9 cm³/mol. The minimum atomic E-state index is -3.70. The van der Waals surface area contributed by atoms with Crippen LogP contribution < -0.4 is 15.4 Å². The summed E-state index contributed by atoms with van der Waals surface area (Å²) in [5.74, 6) is 0. The van der Waals surface area contributed by atoms with Crippen LogP contribution in [-0.2, 0) is 10.0 Å². The van der Waals surface area contributed by atoms with E-state index in [1.54, 1.807) is 0 Å². The molecule has 0 aliphatic carbocycles. The van der Waals surface area contributed by atoms with Gasteiger partial charge in [0.15, 0.2) is 0 Å². The summed E-state index contributed by atoms with van der Waals surface area (Å²) in [4.78, 5) is 10.5. The zero-order valence-corrected chi connectivity index (χ0v) is 12.4. The number of anilines is 1. The first-order valence-electron chi connectivity index (χ1n) is 6.63. The number of hydrogen-bond acceptors (Lipinski definition) is 6. The van der Waals surface area contributed by atoms with Crippen LogP contribution in [0.3, 0.4) is 0 Å². The van der Waals surface area contributed by atoms with Gasteiger partial charge in [-0.1, -0.05) is 0 Å². The summed E-state index contributed by atoms with van der Waals surface area (Å²) < 4.78 is 25.6. The number of hydrogen-bond donors (Lipinski definition) is 3. The molecule has 1 unspecified atom stereocenters. The molecule has 1 aliphatic rings. The number of benzene rings is 1. The zero-order chi connectivity index (χ0) is 15.5. The fourth-order valence-corrected chi connectivity index (χ4v) is 3.01. The van der Waals surface area contributed by atoms with E-state index in [9.17, 15) is 18.5 Å². The molecule has 2 rings (SSSR count). The fraction of sp³-hybridized carbons (Fsp3) is 0.500. The summed E-state index contributed by atoms with van der Waals surface area (Å²) in [5, 5.41) is 17.5. The molecule has 0 saturated carbocycles. The highest BCUT2D eigenvalue weighted by atomic mass is 32.2. The number of nitro benzene ring substituents is 1. The quantitative estimate of drug-likeness (QED) is 0.544. The van der Waals surface area contributed by atoms with E-state index in [1.165, 1.54) is 19.2 Å². The standard InChI is InChI=1S/C12H18N4O4S/c1-13-21(19,20)10-4-5-11(12(7-10)16(17)18)15-9-3-2-6-14-8-9/h4-5,7,9,13-15H,2-3,6,8H2,1H3. The Labute approximate surface area is 123 Å². The Morgan fingerprint density at radius 2 is 2.19 bits per heavy atom. The molecule has 0 amide bonds. The van der Waals surface area contributed by atoms with Gasteiger partial charge in [0.25, 0.3) is 5.69 Å². The van der Waals surface area contributed by atoms with E-state index in [-0.39, 0.29) is 16.6 Å². The highest BCUT2D eigenvalue weighted by molar-refractivity contribution is 7.89. The second kappa shape index (κ2) is 6.37. The summed E-state index contributed by atoms with van der Waals surface area (Å²) in [5.41, 5.74) is 0.0978. The third-order valence-electron chi connectivity index (χ3n) is 3.40. The van der Waals surface area contributed by atoms with Gasteiger partial charge in [-0.15, -0.1) is 0 Å². The third kappa shape index (κ3) is 3.69. The molecule has 8 nitrogen and oxygen atoms in total. The molecular formula is C12H18N4O4S. The van der Waals surface area contributed by atoms with Crippen molar-refractivity contribution < 1.29 is 13.3 Å². The van der Waals surface area contributed by atoms with E-state index in [1.807, 2.05) is 0 Å². The van der Waals surface area contributed by atoms with Crippen molar-refractivity contribution in [2.24, 2.45) is 0 Å². The molecule has 1 aliphatic heterocycles. The largest absolute Gasteiger partial charge is 0.375 e. The van der Waals surface area contributed by atoms with Crippen LogP contribution in [0, 0.1) is 10.1 Å². The molecule has 1 fully saturated rings. The second-order valence-electron chi connectivity index (χ2n) is 4.83. The van der Waals surface area contributed by atoms with Gasteiger partial charge < -0.3 is 10.6 Å². The van der Waals surface area contributed by atoms with E-state index in [4.69, 9.17) is 0 Å². The number of piperidine rings is 1. The van der Waals surface area contributed by atoms with Crippen molar-refractivity contribution in [2.75, 3.05) is 25.5 Å². The zero-order valence-electron chi connectivity index (χ0n) is 11.6. The minimum Gasteiger partial charge on any atom is -0.375 e. The summed E-state index contributed by atoms with van der Waals surface area (Å²) >= 11 is 0. The van der Waals surface area contributed by atoms with Gasteiger partial charge in [-0.25, -0.2) is 13.1 Å². The average molecular weight is 314 g/mol. The topological polar surface area (TPSA) is 113 Å². The Hall–Kier alpha value is -1.71. The molecule has 0 bridgehead atoms.